The van der Waals surface area contributed by atoms with Crippen LogP contribution in [0, 0.1) is 0 Å². The fourth-order valence-corrected chi connectivity index (χ4v) is 4.77. The number of imide groups is 1. The van der Waals surface area contributed by atoms with E-state index in [0.717, 1.165) is 39.7 Å². The lowest BCUT2D eigenvalue weighted by Crippen LogP contribution is -2.44. The van der Waals surface area contributed by atoms with Crippen LogP contribution in [0.2, 0.25) is 0 Å². The SMILES string of the molecule is CCNC(=O)N(CCCN(C)C)C(=O)c1ccc(-c2nc3c4ccccc4c4ccccc4c3[nH]2)cc1. The summed E-state index contributed by atoms with van der Waals surface area (Å²) in [5.74, 6) is 0.430. The van der Waals surface area contributed by atoms with Gasteiger partial charge in [-0.25, -0.2) is 9.78 Å². The molecule has 0 spiro atoms. The monoisotopic (exact) mass is 493 g/mol. The highest BCUT2D eigenvalue weighted by Gasteiger charge is 2.22. The largest absolute Gasteiger partial charge is 0.338 e. The molecular weight excluding hydrogens is 462 g/mol. The van der Waals surface area contributed by atoms with E-state index in [0.29, 0.717) is 25.1 Å². The van der Waals surface area contributed by atoms with Crippen LogP contribution in [0.3, 0.4) is 0 Å². The number of hydrogen-bond donors (Lipinski definition) is 2. The molecule has 4 aromatic carbocycles. The molecule has 0 unspecified atom stereocenters. The average molecular weight is 494 g/mol. The van der Waals surface area contributed by atoms with Gasteiger partial charge in [-0.15, -0.1) is 0 Å². The molecule has 0 aliphatic rings. The zero-order valence-corrected chi connectivity index (χ0v) is 21.4. The normalized spacial score (nSPS) is 11.5. The molecule has 7 heteroatoms. The van der Waals surface area contributed by atoms with Gasteiger partial charge in [0.2, 0.25) is 0 Å². The lowest BCUT2D eigenvalue weighted by Gasteiger charge is -2.22. The first-order valence-electron chi connectivity index (χ1n) is 12.6. The molecule has 1 heterocycles. The van der Waals surface area contributed by atoms with Crippen molar-refractivity contribution in [1.29, 1.82) is 0 Å². The summed E-state index contributed by atoms with van der Waals surface area (Å²) < 4.78 is 0. The minimum Gasteiger partial charge on any atom is -0.338 e. The van der Waals surface area contributed by atoms with Crippen LogP contribution in [-0.2, 0) is 0 Å². The van der Waals surface area contributed by atoms with Crippen LogP contribution in [0.5, 0.6) is 0 Å². The molecule has 0 saturated heterocycles. The number of H-pyrrole nitrogens is 1. The van der Waals surface area contributed by atoms with Gasteiger partial charge in [-0.05, 0) is 56.9 Å². The number of carbonyl (C=O) groups is 2. The summed E-state index contributed by atoms with van der Waals surface area (Å²) in [4.78, 5) is 37.7. The number of fused-ring (bicyclic) bond motifs is 6. The average Bonchev–Trinajstić information content (AvgIpc) is 3.37. The van der Waals surface area contributed by atoms with Crippen molar-refractivity contribution in [2.75, 3.05) is 33.7 Å². The van der Waals surface area contributed by atoms with E-state index in [1.807, 2.05) is 50.2 Å². The van der Waals surface area contributed by atoms with Crippen molar-refractivity contribution in [2.24, 2.45) is 0 Å². The van der Waals surface area contributed by atoms with E-state index in [9.17, 15) is 9.59 Å². The molecule has 0 radical (unpaired) electrons. The molecule has 0 aliphatic heterocycles. The number of carbonyl (C=O) groups excluding carboxylic acids is 2. The topological polar surface area (TPSA) is 81.3 Å². The van der Waals surface area contributed by atoms with Crippen molar-refractivity contribution >= 4 is 44.5 Å². The zero-order chi connectivity index (χ0) is 25.9. The molecule has 7 nitrogen and oxygen atoms in total. The number of rotatable bonds is 7. The number of hydrogen-bond acceptors (Lipinski definition) is 4. The Morgan fingerprint density at radius 2 is 1.46 bits per heavy atom. The van der Waals surface area contributed by atoms with Gasteiger partial charge in [0, 0.05) is 35.0 Å². The fourth-order valence-electron chi connectivity index (χ4n) is 4.77. The maximum Gasteiger partial charge on any atom is 0.324 e. The Morgan fingerprint density at radius 3 is 2.11 bits per heavy atom. The predicted octanol–water partition coefficient (Wildman–Crippen LogP) is 5.66. The maximum absolute atomic E-state index is 13.2. The number of nitrogens with zero attached hydrogens (tertiary/aromatic N) is 3. The van der Waals surface area contributed by atoms with Gasteiger partial charge in [0.15, 0.2) is 0 Å². The van der Waals surface area contributed by atoms with Gasteiger partial charge in [-0.1, -0.05) is 60.7 Å². The molecule has 0 saturated carbocycles. The van der Waals surface area contributed by atoms with Crippen LogP contribution in [-0.4, -0.2) is 65.4 Å². The Morgan fingerprint density at radius 1 is 0.838 bits per heavy atom. The van der Waals surface area contributed by atoms with Crippen molar-refractivity contribution in [3.8, 4) is 11.4 Å². The third-order valence-corrected chi connectivity index (χ3v) is 6.58. The minimum absolute atomic E-state index is 0.308. The molecule has 5 rings (SSSR count). The summed E-state index contributed by atoms with van der Waals surface area (Å²) >= 11 is 0. The Kier molecular flexibility index (Phi) is 6.88. The molecule has 188 valence electrons. The number of nitrogens with one attached hydrogen (secondary N) is 2. The lowest BCUT2D eigenvalue weighted by atomic mass is 10.0. The molecule has 5 aromatic rings. The molecule has 0 atom stereocenters. The first kappa shape index (κ1) is 24.5. The van der Waals surface area contributed by atoms with Gasteiger partial charge in [-0.2, -0.15) is 0 Å². The highest BCUT2D eigenvalue weighted by atomic mass is 16.2. The lowest BCUT2D eigenvalue weighted by molar-refractivity contribution is 0.0796. The van der Waals surface area contributed by atoms with Crippen LogP contribution >= 0.6 is 0 Å². The first-order chi connectivity index (χ1) is 18.0. The highest BCUT2D eigenvalue weighted by molar-refractivity contribution is 6.23. The summed E-state index contributed by atoms with van der Waals surface area (Å²) in [5, 5.41) is 7.33. The highest BCUT2D eigenvalue weighted by Crippen LogP contribution is 2.35. The number of aromatic nitrogens is 2. The van der Waals surface area contributed by atoms with E-state index < -0.39 is 0 Å². The number of urea groups is 1. The van der Waals surface area contributed by atoms with Gasteiger partial charge < -0.3 is 15.2 Å². The van der Waals surface area contributed by atoms with Crippen molar-refractivity contribution in [1.82, 2.24) is 25.1 Å². The maximum atomic E-state index is 13.2. The molecule has 0 fully saturated rings. The van der Waals surface area contributed by atoms with Crippen LogP contribution in [0.4, 0.5) is 4.79 Å². The summed E-state index contributed by atoms with van der Waals surface area (Å²) in [7, 11) is 3.95. The second-order valence-electron chi connectivity index (χ2n) is 9.43. The van der Waals surface area contributed by atoms with Gasteiger partial charge in [0.05, 0.1) is 11.0 Å². The van der Waals surface area contributed by atoms with Gasteiger partial charge in [-0.3, -0.25) is 9.69 Å². The quantitative estimate of drug-likeness (QED) is 0.287. The van der Waals surface area contributed by atoms with Crippen molar-refractivity contribution < 1.29 is 9.59 Å². The standard InChI is InChI=1S/C30H31N5O2/c1-4-31-30(37)35(19-9-18-34(2)3)29(36)21-16-14-20(15-17-21)28-32-26-24-12-7-5-10-22(24)23-11-6-8-13-25(23)27(26)33-28/h5-8,10-17H,4,9,18-19H2,1-3H3,(H,31,37)(H,32,33). The van der Waals surface area contributed by atoms with E-state index in [-0.39, 0.29) is 11.9 Å². The van der Waals surface area contributed by atoms with Crippen molar-refractivity contribution in [3.63, 3.8) is 0 Å². The molecule has 0 bridgehead atoms. The summed E-state index contributed by atoms with van der Waals surface area (Å²) in [6.45, 7) is 3.45. The van der Waals surface area contributed by atoms with Crippen molar-refractivity contribution in [2.45, 2.75) is 13.3 Å². The van der Waals surface area contributed by atoms with Gasteiger partial charge >= 0.3 is 6.03 Å². The fraction of sp³-hybridized carbons (Fsp3) is 0.233. The molecule has 1 aromatic heterocycles. The Bertz CT molecular complexity index is 1510. The van der Waals surface area contributed by atoms with Crippen molar-refractivity contribution in [3.05, 3.63) is 78.4 Å². The summed E-state index contributed by atoms with van der Waals surface area (Å²) in [6.07, 6.45) is 0.703. The Labute approximate surface area is 216 Å². The third-order valence-electron chi connectivity index (χ3n) is 6.58. The zero-order valence-electron chi connectivity index (χ0n) is 21.4. The van der Waals surface area contributed by atoms with E-state index in [4.69, 9.17) is 4.98 Å². The van der Waals surface area contributed by atoms with Crippen LogP contribution in [0.1, 0.15) is 23.7 Å². The molecular formula is C30H31N5O2. The van der Waals surface area contributed by atoms with Crippen LogP contribution in [0.25, 0.3) is 44.0 Å². The number of imidazole rings is 1. The second-order valence-corrected chi connectivity index (χ2v) is 9.43. The second kappa shape index (κ2) is 10.4. The van der Waals surface area contributed by atoms with E-state index in [1.165, 1.54) is 15.7 Å². The van der Waals surface area contributed by atoms with Crippen LogP contribution in [0.15, 0.2) is 72.8 Å². The van der Waals surface area contributed by atoms with E-state index in [1.54, 1.807) is 12.1 Å². The number of amides is 3. The first-order valence-corrected chi connectivity index (χ1v) is 12.6. The third kappa shape index (κ3) is 4.78. The molecule has 0 aliphatic carbocycles. The smallest absolute Gasteiger partial charge is 0.324 e. The molecule has 37 heavy (non-hydrogen) atoms. The van der Waals surface area contributed by atoms with Gasteiger partial charge in [0.25, 0.3) is 5.91 Å². The minimum atomic E-state index is -0.369. The Hall–Kier alpha value is -4.23. The predicted molar refractivity (Wildman–Crippen MR) is 150 cm³/mol. The number of aromatic amines is 1. The molecule has 3 amide bonds. The number of benzene rings is 4. The summed E-state index contributed by atoms with van der Waals surface area (Å²) in [6, 6.07) is 23.6. The Balaban J connectivity index is 1.48. The van der Waals surface area contributed by atoms with Crippen LogP contribution < -0.4 is 5.32 Å². The van der Waals surface area contributed by atoms with E-state index >= 15 is 0 Å². The summed E-state index contributed by atoms with van der Waals surface area (Å²) in [5.41, 5.74) is 3.26. The molecule has 2 N–H and O–H groups in total. The van der Waals surface area contributed by atoms with Gasteiger partial charge in [0.1, 0.15) is 5.82 Å². The van der Waals surface area contributed by atoms with E-state index in [2.05, 4.69) is 46.7 Å².